The number of hydrogen-bond acceptors (Lipinski definition) is 6. The van der Waals surface area contributed by atoms with Gasteiger partial charge in [-0.2, -0.15) is 4.99 Å². The molecule has 2 heterocycles. The van der Waals surface area contributed by atoms with Crippen LogP contribution in [-0.2, 0) is 4.79 Å². The van der Waals surface area contributed by atoms with Crippen molar-refractivity contribution < 1.29 is 27.5 Å². The van der Waals surface area contributed by atoms with Crippen LogP contribution in [-0.4, -0.2) is 50.0 Å². The van der Waals surface area contributed by atoms with Gasteiger partial charge in [0.15, 0.2) is 11.0 Å². The molecule has 0 spiro atoms. The molecule has 0 radical (unpaired) electrons. The van der Waals surface area contributed by atoms with E-state index >= 15 is 0 Å². The van der Waals surface area contributed by atoms with Gasteiger partial charge in [0, 0.05) is 11.6 Å². The van der Waals surface area contributed by atoms with Gasteiger partial charge in [-0.05, 0) is 73.2 Å². The number of aliphatic imine (C=N–C) groups is 1. The number of benzene rings is 3. The monoisotopic (exact) mass is 662 g/mol. The zero-order chi connectivity index (χ0) is 33.7. The maximum Gasteiger partial charge on any atom is 0.573 e. The Kier molecular flexibility index (Phi) is 10.1. The number of carbonyl (C=O) groups is 2. The van der Waals surface area contributed by atoms with Crippen LogP contribution in [0.3, 0.4) is 0 Å². The Bertz CT molecular complexity index is 1800. The van der Waals surface area contributed by atoms with Gasteiger partial charge >= 0.3 is 12.4 Å². The van der Waals surface area contributed by atoms with Gasteiger partial charge in [-0.1, -0.05) is 74.2 Å². The summed E-state index contributed by atoms with van der Waals surface area (Å²) in [5.41, 5.74) is 5.03. The second kappa shape index (κ2) is 14.2. The number of thioether (sulfide) groups is 1. The predicted octanol–water partition coefficient (Wildman–Crippen LogP) is 7.90. The summed E-state index contributed by atoms with van der Waals surface area (Å²) in [4.78, 5) is 35.7. The molecule has 244 valence electrons. The van der Waals surface area contributed by atoms with Crippen molar-refractivity contribution in [3.8, 4) is 22.8 Å². The topological polar surface area (TPSA) is 102 Å². The molecule has 3 amide bonds. The summed E-state index contributed by atoms with van der Waals surface area (Å²) in [6, 6.07) is 18.2. The number of anilines is 1. The molecule has 1 N–H and O–H groups in total. The molecule has 5 rings (SSSR count). The molecule has 47 heavy (non-hydrogen) atoms. The average Bonchev–Trinajstić information content (AvgIpc) is 3.64. The van der Waals surface area contributed by atoms with Crippen molar-refractivity contribution in [2.24, 2.45) is 4.99 Å². The third-order valence-electron chi connectivity index (χ3n) is 7.18. The Morgan fingerprint density at radius 3 is 2.49 bits per heavy atom. The fraction of sp³-hybridized carbons (Fsp3) is 0.265. The van der Waals surface area contributed by atoms with Gasteiger partial charge in [0.05, 0.1) is 17.1 Å². The quantitative estimate of drug-likeness (QED) is 0.196. The highest BCUT2D eigenvalue weighted by molar-refractivity contribution is 8.15. The molecule has 0 saturated carbocycles. The smallest absolute Gasteiger partial charge is 0.406 e. The molecule has 9 nitrogen and oxygen atoms in total. The fourth-order valence-electron chi connectivity index (χ4n) is 4.88. The van der Waals surface area contributed by atoms with Gasteiger partial charge in [0.1, 0.15) is 12.1 Å². The van der Waals surface area contributed by atoms with Crippen LogP contribution in [0.2, 0.25) is 0 Å². The van der Waals surface area contributed by atoms with E-state index in [2.05, 4.69) is 39.0 Å². The van der Waals surface area contributed by atoms with Crippen LogP contribution in [0.5, 0.6) is 5.75 Å². The number of nitrogens with one attached hydrogen (secondary N) is 1. The Balaban J connectivity index is 1.16. The van der Waals surface area contributed by atoms with E-state index in [1.54, 1.807) is 4.90 Å². The van der Waals surface area contributed by atoms with Gasteiger partial charge in [-0.3, -0.25) is 9.69 Å². The van der Waals surface area contributed by atoms with Crippen molar-refractivity contribution in [1.29, 1.82) is 0 Å². The van der Waals surface area contributed by atoms with Crippen LogP contribution in [0.15, 0.2) is 84.1 Å². The van der Waals surface area contributed by atoms with Gasteiger partial charge in [-0.25, -0.2) is 14.5 Å². The van der Waals surface area contributed by atoms with E-state index in [1.165, 1.54) is 47.0 Å². The highest BCUT2D eigenvalue weighted by atomic mass is 32.2. The molecule has 1 aliphatic heterocycles. The normalized spacial score (nSPS) is 15.2. The predicted molar refractivity (Wildman–Crippen MR) is 178 cm³/mol. The van der Waals surface area contributed by atoms with Crippen LogP contribution in [0.1, 0.15) is 49.8 Å². The van der Waals surface area contributed by atoms with Crippen molar-refractivity contribution in [2.75, 3.05) is 10.7 Å². The van der Waals surface area contributed by atoms with Crippen molar-refractivity contribution in [3.05, 3.63) is 95.8 Å². The number of aryl methyl sites for hydroxylation is 1. The molecular weight excluding hydrogens is 629 g/mol. The van der Waals surface area contributed by atoms with Crippen LogP contribution < -0.4 is 15.0 Å². The van der Waals surface area contributed by atoms with Crippen molar-refractivity contribution >= 4 is 40.6 Å². The van der Waals surface area contributed by atoms with Gasteiger partial charge in [0.2, 0.25) is 5.91 Å². The Morgan fingerprint density at radius 1 is 1.09 bits per heavy atom. The lowest BCUT2D eigenvalue weighted by atomic mass is 9.99. The average molecular weight is 663 g/mol. The molecule has 3 aromatic carbocycles. The Labute approximate surface area is 274 Å². The molecule has 1 aliphatic rings. The molecule has 4 aromatic rings. The third-order valence-corrected chi connectivity index (χ3v) is 8.10. The summed E-state index contributed by atoms with van der Waals surface area (Å²) in [6.07, 6.45) is 1.17. The van der Waals surface area contributed by atoms with E-state index in [4.69, 9.17) is 0 Å². The maximum absolute atomic E-state index is 12.8. The van der Waals surface area contributed by atoms with Crippen LogP contribution in [0.25, 0.3) is 23.2 Å². The first kappa shape index (κ1) is 33.5. The minimum atomic E-state index is -4.76. The zero-order valence-corrected chi connectivity index (χ0v) is 27.0. The molecule has 1 unspecified atom stereocenters. The van der Waals surface area contributed by atoms with E-state index in [1.807, 2.05) is 68.5 Å². The number of nitrogens with zero attached hydrogens (tertiary/aromatic N) is 5. The van der Waals surface area contributed by atoms with Crippen LogP contribution >= 0.6 is 11.8 Å². The first-order chi connectivity index (χ1) is 22.4. The first-order valence-electron chi connectivity index (χ1n) is 14.9. The van der Waals surface area contributed by atoms with E-state index in [0.717, 1.165) is 27.9 Å². The summed E-state index contributed by atoms with van der Waals surface area (Å²) in [6.45, 7) is 7.98. The third kappa shape index (κ3) is 8.67. The van der Waals surface area contributed by atoms with E-state index in [9.17, 15) is 22.8 Å². The molecule has 0 bridgehead atoms. The number of urea groups is 1. The second-order valence-electron chi connectivity index (χ2n) is 11.3. The number of aromatic nitrogens is 3. The lowest BCUT2D eigenvalue weighted by Gasteiger charge is -2.22. The first-order valence-corrected chi connectivity index (χ1v) is 15.8. The number of carbonyl (C=O) groups excluding carboxylic acids is 2. The number of halogens is 3. The number of hydrogen-bond donors (Lipinski definition) is 1. The van der Waals surface area contributed by atoms with Crippen LogP contribution in [0, 0.1) is 6.92 Å². The number of alkyl halides is 3. The standard InChI is InChI=1S/C34H33F3N6O3S/c1-21(2)28-17-8-22(3)18-29(28)43-30(44)19-47-33(43)40-32(45)39-23(4)6-5-7-24-9-11-25(12-10-24)31-38-20-42(41-31)26-13-15-27(16-14-26)46-34(35,36)37/h5,7-18,20-21,23H,6,19H2,1-4H3,(H,39,45)/b7-5+,40-33?. The molecule has 0 aliphatic carbocycles. The molecule has 1 aromatic heterocycles. The minimum absolute atomic E-state index is 0.103. The van der Waals surface area contributed by atoms with Gasteiger partial charge < -0.3 is 10.1 Å². The summed E-state index contributed by atoms with van der Waals surface area (Å²) in [7, 11) is 0. The molecule has 1 atom stereocenters. The lowest BCUT2D eigenvalue weighted by Crippen LogP contribution is -2.34. The largest absolute Gasteiger partial charge is 0.573 e. The Morgan fingerprint density at radius 2 is 1.81 bits per heavy atom. The number of amidine groups is 1. The Hall–Kier alpha value is -4.91. The summed E-state index contributed by atoms with van der Waals surface area (Å²) < 4.78 is 42.6. The molecular formula is C34H33F3N6O3S. The zero-order valence-electron chi connectivity index (χ0n) is 26.2. The molecule has 1 fully saturated rings. The lowest BCUT2D eigenvalue weighted by molar-refractivity contribution is -0.274. The number of ether oxygens (including phenoxy) is 1. The molecule has 13 heteroatoms. The van der Waals surface area contributed by atoms with Gasteiger partial charge in [-0.15, -0.1) is 18.3 Å². The highest BCUT2D eigenvalue weighted by Gasteiger charge is 2.33. The number of amides is 3. The fourth-order valence-corrected chi connectivity index (χ4v) is 5.74. The maximum atomic E-state index is 12.8. The van der Waals surface area contributed by atoms with Crippen molar-refractivity contribution in [3.63, 3.8) is 0 Å². The van der Waals surface area contributed by atoms with E-state index in [-0.39, 0.29) is 29.4 Å². The highest BCUT2D eigenvalue weighted by Crippen LogP contribution is 2.34. The molecule has 1 saturated heterocycles. The minimum Gasteiger partial charge on any atom is -0.406 e. The number of rotatable bonds is 9. The van der Waals surface area contributed by atoms with Gasteiger partial charge in [0.25, 0.3) is 0 Å². The van der Waals surface area contributed by atoms with Crippen LogP contribution in [0.4, 0.5) is 23.7 Å². The van der Waals surface area contributed by atoms with E-state index in [0.29, 0.717) is 23.1 Å². The SMILES string of the molecule is Cc1ccc(C(C)C)c(N2C(=O)CSC2=NC(=O)NC(C)C/C=C/c2ccc(-c3ncn(-c4ccc(OC(F)(F)F)cc4)n3)cc2)c1. The van der Waals surface area contributed by atoms with Crippen molar-refractivity contribution in [1.82, 2.24) is 20.1 Å². The second-order valence-corrected chi connectivity index (χ2v) is 12.2. The van der Waals surface area contributed by atoms with Crippen molar-refractivity contribution in [2.45, 2.75) is 52.4 Å². The summed E-state index contributed by atoms with van der Waals surface area (Å²) >= 11 is 1.25. The summed E-state index contributed by atoms with van der Waals surface area (Å²) in [5, 5.41) is 7.68. The van der Waals surface area contributed by atoms with E-state index < -0.39 is 12.4 Å². The summed E-state index contributed by atoms with van der Waals surface area (Å²) in [5.74, 6) is 0.458.